The number of rotatable bonds is 2. The Balaban J connectivity index is 1.47. The number of carbonyl (C=O) groups excluding carboxylic acids is 2. The molecule has 178 valence electrons. The number of fused-ring (bicyclic) bond motifs is 2. The van der Waals surface area contributed by atoms with Crippen molar-refractivity contribution in [3.63, 3.8) is 0 Å². The minimum atomic E-state index is -4.00. The number of hydrogen-bond donors (Lipinski definition) is 1. The van der Waals surface area contributed by atoms with E-state index in [0.29, 0.717) is 43.0 Å². The number of allylic oxidation sites excluding steroid dienone is 2. The summed E-state index contributed by atoms with van der Waals surface area (Å²) in [6.45, 7) is 2.77. The highest BCUT2D eigenvalue weighted by molar-refractivity contribution is 7.90. The predicted octanol–water partition coefficient (Wildman–Crippen LogP) is 2.11. The number of benzene rings is 1. The minimum absolute atomic E-state index is 0.00389. The van der Waals surface area contributed by atoms with Crippen LogP contribution in [0.1, 0.15) is 40.0 Å². The summed E-state index contributed by atoms with van der Waals surface area (Å²) in [5.74, 6) is -0.350. The van der Waals surface area contributed by atoms with Crippen molar-refractivity contribution in [3.8, 4) is 0 Å². The molecule has 5 aliphatic rings. The largest absolute Gasteiger partial charge is 0.376 e. The summed E-state index contributed by atoms with van der Waals surface area (Å²) < 4.78 is 34.7. The second-order valence-electron chi connectivity index (χ2n) is 9.96. The number of aromatic nitrogens is 1. The molecule has 1 aromatic carbocycles. The van der Waals surface area contributed by atoms with Gasteiger partial charge in [-0.05, 0) is 43.5 Å². The molecule has 35 heavy (non-hydrogen) atoms. The Morgan fingerprint density at radius 2 is 2.00 bits per heavy atom. The van der Waals surface area contributed by atoms with Crippen molar-refractivity contribution in [1.29, 1.82) is 0 Å². The maximum absolute atomic E-state index is 14.1. The number of ketones is 2. The summed E-state index contributed by atoms with van der Waals surface area (Å²) in [6, 6.07) is 6.51. The normalized spacial score (nSPS) is 28.7. The standard InChI is InChI=1S/C26H23N3O5S/c1-14-2-4-18(5-3-14)35(32,33)29-12-15-7-9-27-22-20(15)24(29)25(31)23-21(22)26-8-6-17(30)10-19(26)34-13-16(11-26)28-23/h2-6,8,12,16,19,28H,7,9-11,13H2,1H3/t16-,19-,26-/m0/s1. The first-order valence-corrected chi connectivity index (χ1v) is 13.2. The fraction of sp³-hybridized carbons (Fsp3) is 0.346. The number of ether oxygens (including phenoxy) is 1. The van der Waals surface area contributed by atoms with Crippen LogP contribution in [0.4, 0.5) is 0 Å². The van der Waals surface area contributed by atoms with Gasteiger partial charge in [-0.25, -0.2) is 12.4 Å². The summed E-state index contributed by atoms with van der Waals surface area (Å²) in [4.78, 5) is 31.3. The van der Waals surface area contributed by atoms with Gasteiger partial charge >= 0.3 is 0 Å². The van der Waals surface area contributed by atoms with Gasteiger partial charge in [0.2, 0.25) is 5.78 Å². The molecule has 0 radical (unpaired) electrons. The van der Waals surface area contributed by atoms with Gasteiger partial charge in [-0.2, -0.15) is 0 Å². The number of hydrogen-bond acceptors (Lipinski definition) is 7. The summed E-state index contributed by atoms with van der Waals surface area (Å²) in [5.41, 5.74) is 3.60. The van der Waals surface area contributed by atoms with E-state index >= 15 is 0 Å². The quantitative estimate of drug-likeness (QED) is 0.693. The van der Waals surface area contributed by atoms with Crippen molar-refractivity contribution >= 4 is 27.3 Å². The van der Waals surface area contributed by atoms with E-state index in [0.717, 1.165) is 20.7 Å². The van der Waals surface area contributed by atoms with E-state index in [9.17, 15) is 18.0 Å². The predicted molar refractivity (Wildman–Crippen MR) is 127 cm³/mol. The Morgan fingerprint density at radius 1 is 1.20 bits per heavy atom. The van der Waals surface area contributed by atoms with Crippen molar-refractivity contribution in [1.82, 2.24) is 9.29 Å². The molecule has 8 nitrogen and oxygen atoms in total. The van der Waals surface area contributed by atoms with Crippen LogP contribution in [0.25, 0.3) is 0 Å². The van der Waals surface area contributed by atoms with E-state index in [4.69, 9.17) is 9.73 Å². The summed E-state index contributed by atoms with van der Waals surface area (Å²) in [5, 5.41) is 3.34. The molecule has 9 heteroatoms. The molecule has 1 fully saturated rings. The average Bonchev–Trinajstić information content (AvgIpc) is 3.25. The van der Waals surface area contributed by atoms with Crippen LogP contribution >= 0.6 is 0 Å². The van der Waals surface area contributed by atoms with Gasteiger partial charge < -0.3 is 10.1 Å². The Morgan fingerprint density at radius 3 is 2.80 bits per heavy atom. The molecule has 3 atom stereocenters. The molecule has 7 rings (SSSR count). The average molecular weight is 490 g/mol. The van der Waals surface area contributed by atoms with E-state index in [1.54, 1.807) is 36.5 Å². The second-order valence-corrected chi connectivity index (χ2v) is 11.8. The molecule has 1 aromatic heterocycles. The van der Waals surface area contributed by atoms with Gasteiger partial charge in [-0.15, -0.1) is 0 Å². The third kappa shape index (κ3) is 2.70. The van der Waals surface area contributed by atoms with Crippen LogP contribution in [-0.2, 0) is 26.0 Å². The smallest absolute Gasteiger partial charge is 0.268 e. The topological polar surface area (TPSA) is 107 Å². The zero-order valence-corrected chi connectivity index (χ0v) is 19.9. The summed E-state index contributed by atoms with van der Waals surface area (Å²) in [7, 11) is -4.00. The van der Waals surface area contributed by atoms with Crippen molar-refractivity contribution in [2.45, 2.75) is 43.2 Å². The molecule has 2 bridgehead atoms. The molecular weight excluding hydrogens is 466 g/mol. The van der Waals surface area contributed by atoms with E-state index in [2.05, 4.69) is 5.32 Å². The van der Waals surface area contributed by atoms with Crippen LogP contribution in [0, 0.1) is 12.3 Å². The van der Waals surface area contributed by atoms with Crippen molar-refractivity contribution < 1.29 is 22.7 Å². The van der Waals surface area contributed by atoms with Gasteiger partial charge in [0, 0.05) is 35.7 Å². The number of nitrogens with zero attached hydrogens (tertiary/aromatic N) is 2. The monoisotopic (exact) mass is 489 g/mol. The lowest BCUT2D eigenvalue weighted by molar-refractivity contribution is -0.125. The maximum Gasteiger partial charge on any atom is 0.268 e. The van der Waals surface area contributed by atoms with Crippen LogP contribution in [0.3, 0.4) is 0 Å². The molecule has 1 N–H and O–H groups in total. The first-order chi connectivity index (χ1) is 16.8. The van der Waals surface area contributed by atoms with E-state index in [1.165, 1.54) is 0 Å². The lowest BCUT2D eigenvalue weighted by Gasteiger charge is -2.53. The van der Waals surface area contributed by atoms with Crippen molar-refractivity contribution in [2.75, 3.05) is 13.2 Å². The van der Waals surface area contributed by atoms with Crippen LogP contribution < -0.4 is 5.32 Å². The van der Waals surface area contributed by atoms with Gasteiger partial charge in [0.25, 0.3) is 10.0 Å². The van der Waals surface area contributed by atoms with E-state index < -0.39 is 15.4 Å². The van der Waals surface area contributed by atoms with Crippen LogP contribution in [-0.4, -0.2) is 55.0 Å². The van der Waals surface area contributed by atoms with Gasteiger partial charge in [-0.3, -0.25) is 14.6 Å². The van der Waals surface area contributed by atoms with Crippen LogP contribution in [0.15, 0.2) is 63.8 Å². The van der Waals surface area contributed by atoms with Crippen LogP contribution in [0.2, 0.25) is 0 Å². The highest BCUT2D eigenvalue weighted by atomic mass is 32.2. The third-order valence-corrected chi connectivity index (χ3v) is 9.54. The minimum Gasteiger partial charge on any atom is -0.376 e. The second kappa shape index (κ2) is 6.89. The molecule has 1 saturated heterocycles. The number of aliphatic imine (C=N–C) groups is 1. The van der Waals surface area contributed by atoms with Gasteiger partial charge in [0.05, 0.1) is 35.1 Å². The summed E-state index contributed by atoms with van der Waals surface area (Å²) in [6.07, 6.45) is 6.20. The third-order valence-electron chi connectivity index (χ3n) is 7.87. The van der Waals surface area contributed by atoms with Crippen molar-refractivity contribution in [2.24, 2.45) is 10.4 Å². The maximum atomic E-state index is 14.1. The Labute approximate surface area is 202 Å². The number of nitrogens with one attached hydrogen (secondary N) is 1. The van der Waals surface area contributed by atoms with Crippen LogP contribution in [0.5, 0.6) is 0 Å². The molecule has 3 aliphatic heterocycles. The first-order valence-electron chi connectivity index (χ1n) is 11.8. The highest BCUT2D eigenvalue weighted by Crippen LogP contribution is 2.53. The van der Waals surface area contributed by atoms with Gasteiger partial charge in [-0.1, -0.05) is 23.8 Å². The highest BCUT2D eigenvalue weighted by Gasteiger charge is 2.57. The molecule has 0 unspecified atom stereocenters. The molecule has 2 aromatic rings. The fourth-order valence-electron chi connectivity index (χ4n) is 6.26. The molecule has 0 amide bonds. The zero-order chi connectivity index (χ0) is 24.1. The van der Waals surface area contributed by atoms with Gasteiger partial charge in [0.1, 0.15) is 5.69 Å². The zero-order valence-electron chi connectivity index (χ0n) is 19.1. The van der Waals surface area contributed by atoms with E-state index in [-0.39, 0.29) is 40.7 Å². The van der Waals surface area contributed by atoms with Crippen molar-refractivity contribution in [3.05, 3.63) is 76.3 Å². The first kappa shape index (κ1) is 21.0. The number of Topliss-reactive ketones (excluding diaryl/α,β-unsaturated/α-hetero) is 1. The Kier molecular flexibility index (Phi) is 4.14. The lowest BCUT2D eigenvalue weighted by atomic mass is 9.60. The molecule has 2 aliphatic carbocycles. The molecule has 4 heterocycles. The Hall–Kier alpha value is -3.30. The molecule has 1 spiro atoms. The Bertz CT molecular complexity index is 1540. The molecule has 0 saturated carbocycles. The van der Waals surface area contributed by atoms with E-state index in [1.807, 2.05) is 13.0 Å². The number of carbonyl (C=O) groups is 2. The molecular formula is C26H23N3O5S. The SMILES string of the molecule is Cc1ccc(S(=O)(=O)n2cc3c4c2C(=O)C2=C(C4=NCC3)[C@]34C=CC(=O)C[C@@H]3OC[C@H](C4)N2)cc1. The lowest BCUT2D eigenvalue weighted by Crippen LogP contribution is -2.60. The summed E-state index contributed by atoms with van der Waals surface area (Å²) >= 11 is 0. The fourth-order valence-corrected chi connectivity index (χ4v) is 7.65. The van der Waals surface area contributed by atoms with Gasteiger partial charge in [0.15, 0.2) is 5.78 Å². The number of aryl methyl sites for hydroxylation is 1.